The van der Waals surface area contributed by atoms with Gasteiger partial charge in [-0.05, 0) is 29.8 Å². The Kier molecular flexibility index (Phi) is 6.03. The van der Waals surface area contributed by atoms with Gasteiger partial charge in [0.1, 0.15) is 11.6 Å². The van der Waals surface area contributed by atoms with E-state index in [0.29, 0.717) is 22.3 Å². The number of thioether (sulfide) groups is 1. The summed E-state index contributed by atoms with van der Waals surface area (Å²) < 4.78 is 5.10. The summed E-state index contributed by atoms with van der Waals surface area (Å²) in [6.45, 7) is 0. The molecule has 2 aromatic carbocycles. The van der Waals surface area contributed by atoms with E-state index in [9.17, 15) is 14.4 Å². The molecule has 0 aliphatic carbocycles. The van der Waals surface area contributed by atoms with Gasteiger partial charge in [-0.25, -0.2) is 4.98 Å². The summed E-state index contributed by atoms with van der Waals surface area (Å²) >= 11 is 1.35. The van der Waals surface area contributed by atoms with Gasteiger partial charge in [0.15, 0.2) is 5.16 Å². The summed E-state index contributed by atoms with van der Waals surface area (Å²) in [6, 6.07) is 16.5. The normalized spacial score (nSPS) is 15.0. The Morgan fingerprint density at radius 2 is 1.90 bits per heavy atom. The fraction of sp³-hybridized carbons (Fsp3) is 0.182. The smallest absolute Gasteiger partial charge is 0.257 e. The molecule has 3 aromatic rings. The quantitative estimate of drug-likeness (QED) is 0.404. The Morgan fingerprint density at radius 1 is 1.16 bits per heavy atom. The van der Waals surface area contributed by atoms with Crippen molar-refractivity contribution in [3.8, 4) is 5.75 Å². The van der Waals surface area contributed by atoms with E-state index in [2.05, 4.69) is 20.6 Å². The number of hydrogen-bond donors (Lipinski definition) is 3. The predicted molar refractivity (Wildman–Crippen MR) is 118 cm³/mol. The Morgan fingerprint density at radius 3 is 2.61 bits per heavy atom. The number of aromatic amines is 1. The molecule has 0 spiro atoms. The lowest BCUT2D eigenvalue weighted by atomic mass is 9.92. The first-order valence-electron chi connectivity index (χ1n) is 9.59. The number of carbonyl (C=O) groups is 2. The van der Waals surface area contributed by atoms with Gasteiger partial charge >= 0.3 is 0 Å². The Labute approximate surface area is 182 Å². The molecule has 2 heterocycles. The molecule has 8 nitrogen and oxygen atoms in total. The van der Waals surface area contributed by atoms with Crippen LogP contribution in [0.1, 0.15) is 23.5 Å². The zero-order valence-electron chi connectivity index (χ0n) is 16.7. The van der Waals surface area contributed by atoms with E-state index < -0.39 is 17.4 Å². The molecule has 0 radical (unpaired) electrons. The van der Waals surface area contributed by atoms with Crippen LogP contribution < -0.4 is 20.9 Å². The molecule has 158 valence electrons. The van der Waals surface area contributed by atoms with Crippen LogP contribution in [0.15, 0.2) is 64.5 Å². The molecule has 0 unspecified atom stereocenters. The summed E-state index contributed by atoms with van der Waals surface area (Å²) in [6.07, 6.45) is -0.129. The molecule has 4 rings (SSSR count). The fourth-order valence-corrected chi connectivity index (χ4v) is 4.09. The number of fused-ring (bicyclic) bond motifs is 1. The topological polar surface area (TPSA) is 113 Å². The van der Waals surface area contributed by atoms with Crippen LogP contribution in [-0.2, 0) is 15.3 Å². The number of carbonyl (C=O) groups excluding carboxylic acids is 2. The molecule has 0 bridgehead atoms. The van der Waals surface area contributed by atoms with Gasteiger partial charge in [0.25, 0.3) is 5.56 Å². The highest BCUT2D eigenvalue weighted by Crippen LogP contribution is 2.31. The molecular weight excluding hydrogens is 416 g/mol. The Balaban J connectivity index is 1.55. The lowest BCUT2D eigenvalue weighted by molar-refractivity contribution is -0.123. The predicted octanol–water partition coefficient (Wildman–Crippen LogP) is 3.14. The van der Waals surface area contributed by atoms with Gasteiger partial charge in [-0.3, -0.25) is 14.4 Å². The average molecular weight is 436 g/mol. The molecule has 1 aromatic heterocycles. The van der Waals surface area contributed by atoms with Crippen molar-refractivity contribution in [3.63, 3.8) is 0 Å². The van der Waals surface area contributed by atoms with Gasteiger partial charge in [-0.1, -0.05) is 42.1 Å². The number of amides is 2. The number of anilines is 2. The number of benzene rings is 2. The second-order valence-electron chi connectivity index (χ2n) is 6.93. The molecule has 9 heteroatoms. The minimum atomic E-state index is -0.935. The first kappa shape index (κ1) is 20.7. The number of hydrogen-bond acceptors (Lipinski definition) is 6. The van der Waals surface area contributed by atoms with E-state index in [-0.39, 0.29) is 23.7 Å². The average Bonchev–Trinajstić information content (AvgIpc) is 2.78. The number of rotatable bonds is 6. The Hall–Kier alpha value is -3.59. The van der Waals surface area contributed by atoms with Crippen LogP contribution in [0.4, 0.5) is 11.5 Å². The van der Waals surface area contributed by atoms with Gasteiger partial charge in [-0.2, -0.15) is 0 Å². The van der Waals surface area contributed by atoms with Gasteiger partial charge in [0.05, 0.1) is 18.6 Å². The summed E-state index contributed by atoms with van der Waals surface area (Å²) in [5.41, 5.74) is 1.34. The standard InChI is InChI=1S/C22H20N4O4S/c1-30-15-9-7-14(8-10-15)23-20(28)16-11-17(27)24-19-18(16)21(29)26-22(25-19)31-12-13-5-3-2-4-6-13/h2-10,16H,11-12H2,1H3,(H,23,28)(H2,24,25,26,27,29)/t16-/m0/s1. The maximum atomic E-state index is 12.9. The number of methoxy groups -OCH3 is 1. The first-order chi connectivity index (χ1) is 15.0. The van der Waals surface area contributed by atoms with Crippen LogP contribution in [0.25, 0.3) is 0 Å². The zero-order valence-corrected chi connectivity index (χ0v) is 17.5. The Bertz CT molecular complexity index is 1160. The molecular formula is C22H20N4O4S. The molecule has 31 heavy (non-hydrogen) atoms. The first-order valence-corrected chi connectivity index (χ1v) is 10.6. The summed E-state index contributed by atoms with van der Waals surface area (Å²) in [5, 5.41) is 5.75. The van der Waals surface area contributed by atoms with Crippen molar-refractivity contribution >= 4 is 35.1 Å². The molecule has 1 atom stereocenters. The second-order valence-corrected chi connectivity index (χ2v) is 7.89. The third-order valence-electron chi connectivity index (χ3n) is 4.82. The van der Waals surface area contributed by atoms with Gasteiger partial charge in [0, 0.05) is 17.9 Å². The van der Waals surface area contributed by atoms with Crippen molar-refractivity contribution in [2.24, 2.45) is 0 Å². The fourth-order valence-electron chi connectivity index (χ4n) is 3.27. The lowest BCUT2D eigenvalue weighted by Crippen LogP contribution is -2.36. The second kappa shape index (κ2) is 9.05. The third kappa shape index (κ3) is 4.77. The van der Waals surface area contributed by atoms with E-state index in [4.69, 9.17) is 4.74 Å². The molecule has 1 aliphatic rings. The van der Waals surface area contributed by atoms with Crippen LogP contribution >= 0.6 is 11.8 Å². The van der Waals surface area contributed by atoms with E-state index in [1.165, 1.54) is 11.8 Å². The molecule has 0 saturated carbocycles. The van der Waals surface area contributed by atoms with Crippen molar-refractivity contribution < 1.29 is 14.3 Å². The monoisotopic (exact) mass is 436 g/mol. The highest BCUT2D eigenvalue weighted by atomic mass is 32.2. The highest BCUT2D eigenvalue weighted by molar-refractivity contribution is 7.98. The summed E-state index contributed by atoms with van der Waals surface area (Å²) in [4.78, 5) is 45.0. The van der Waals surface area contributed by atoms with Gasteiger partial charge in [-0.15, -0.1) is 0 Å². The van der Waals surface area contributed by atoms with Crippen LogP contribution in [0.2, 0.25) is 0 Å². The van der Waals surface area contributed by atoms with Crippen molar-refractivity contribution in [1.29, 1.82) is 0 Å². The van der Waals surface area contributed by atoms with Gasteiger partial charge < -0.3 is 20.4 Å². The van der Waals surface area contributed by atoms with E-state index in [1.807, 2.05) is 30.3 Å². The van der Waals surface area contributed by atoms with Crippen LogP contribution in [0.5, 0.6) is 5.75 Å². The minimum absolute atomic E-state index is 0.129. The molecule has 2 amide bonds. The van der Waals surface area contributed by atoms with Gasteiger partial charge in [0.2, 0.25) is 11.8 Å². The molecule has 3 N–H and O–H groups in total. The number of aromatic nitrogens is 2. The largest absolute Gasteiger partial charge is 0.497 e. The van der Waals surface area contributed by atoms with E-state index in [1.54, 1.807) is 31.4 Å². The maximum Gasteiger partial charge on any atom is 0.257 e. The summed E-state index contributed by atoms with van der Waals surface area (Å²) in [7, 11) is 1.55. The molecule has 0 saturated heterocycles. The SMILES string of the molecule is COc1ccc(NC(=O)[C@H]2CC(=O)Nc3nc(SCc4ccccc4)[nH]c(=O)c32)cc1. The van der Waals surface area contributed by atoms with Crippen LogP contribution in [0.3, 0.4) is 0 Å². The minimum Gasteiger partial charge on any atom is -0.497 e. The number of nitrogens with one attached hydrogen (secondary N) is 3. The zero-order chi connectivity index (χ0) is 21.8. The highest BCUT2D eigenvalue weighted by Gasteiger charge is 2.34. The van der Waals surface area contributed by atoms with Crippen molar-refractivity contribution in [2.75, 3.05) is 17.7 Å². The van der Waals surface area contributed by atoms with Crippen LogP contribution in [0, 0.1) is 0 Å². The summed E-state index contributed by atoms with van der Waals surface area (Å²) in [5.74, 6) is -0.349. The lowest BCUT2D eigenvalue weighted by Gasteiger charge is -2.23. The van der Waals surface area contributed by atoms with E-state index >= 15 is 0 Å². The number of nitrogens with zero attached hydrogens (tertiary/aromatic N) is 1. The third-order valence-corrected chi connectivity index (χ3v) is 5.77. The van der Waals surface area contributed by atoms with Crippen molar-refractivity contribution in [3.05, 3.63) is 76.1 Å². The van der Waals surface area contributed by atoms with Crippen molar-refractivity contribution in [2.45, 2.75) is 23.2 Å². The van der Waals surface area contributed by atoms with E-state index in [0.717, 1.165) is 5.56 Å². The molecule has 1 aliphatic heterocycles. The van der Waals surface area contributed by atoms with Crippen LogP contribution in [-0.4, -0.2) is 28.9 Å². The number of H-pyrrole nitrogens is 1. The van der Waals surface area contributed by atoms with Crippen molar-refractivity contribution in [1.82, 2.24) is 9.97 Å². The maximum absolute atomic E-state index is 12.9. The molecule has 0 fully saturated rings. The number of ether oxygens (including phenoxy) is 1.